The van der Waals surface area contributed by atoms with Crippen molar-refractivity contribution in [3.05, 3.63) is 77.0 Å². The lowest BCUT2D eigenvalue weighted by molar-refractivity contribution is -0.0758. The van der Waals surface area contributed by atoms with Crippen LogP contribution in [0, 0.1) is 5.41 Å². The van der Waals surface area contributed by atoms with Gasteiger partial charge in [-0.15, -0.1) is 0 Å². The second-order valence-corrected chi connectivity index (χ2v) is 16.7. The van der Waals surface area contributed by atoms with Gasteiger partial charge in [-0.3, -0.25) is 24.7 Å². The van der Waals surface area contributed by atoms with Crippen molar-refractivity contribution in [2.75, 3.05) is 32.7 Å². The van der Waals surface area contributed by atoms with Crippen molar-refractivity contribution in [1.82, 2.24) is 39.3 Å². The molecule has 4 aromatic rings. The summed E-state index contributed by atoms with van der Waals surface area (Å²) in [5.74, 6) is 0. The van der Waals surface area contributed by atoms with Gasteiger partial charge in [0.1, 0.15) is 0 Å². The predicted octanol–water partition coefficient (Wildman–Crippen LogP) is 7.70. The Morgan fingerprint density at radius 3 is 2.00 bits per heavy atom. The molecule has 0 bridgehead atoms. The summed E-state index contributed by atoms with van der Waals surface area (Å²) in [6.45, 7) is 28.9. The van der Waals surface area contributed by atoms with Gasteiger partial charge in [-0.25, -0.2) is 0 Å². The molecular weight excluding hydrogens is 617 g/mol. The van der Waals surface area contributed by atoms with E-state index in [9.17, 15) is 0 Å². The minimum atomic E-state index is 0.638. The van der Waals surface area contributed by atoms with Crippen molar-refractivity contribution in [2.24, 2.45) is 5.41 Å². The van der Waals surface area contributed by atoms with E-state index in [4.69, 9.17) is 0 Å². The number of para-hydroxylation sites is 1. The summed E-state index contributed by atoms with van der Waals surface area (Å²) < 4.78 is 2.35. The highest BCUT2D eigenvalue weighted by Crippen LogP contribution is 2.48. The summed E-state index contributed by atoms with van der Waals surface area (Å²) in [6.07, 6.45) is 10.9. The number of aromatic amines is 2. The molecule has 7 heterocycles. The molecule has 9 rings (SSSR count). The Kier molecular flexibility index (Phi) is 11.9. The number of nitrogens with one attached hydrogen (secondary N) is 2. The normalized spacial score (nSPS) is 20.2. The maximum Gasteiger partial charge on any atom is 0.0535 e. The van der Waals surface area contributed by atoms with Crippen molar-refractivity contribution in [3.8, 4) is 0 Å². The van der Waals surface area contributed by atoms with Crippen LogP contribution in [0.4, 0.5) is 0 Å². The zero-order valence-corrected chi connectivity index (χ0v) is 32.5. The summed E-state index contributed by atoms with van der Waals surface area (Å²) >= 11 is 0. The number of benzene rings is 1. The second kappa shape index (κ2) is 16.2. The molecule has 2 fully saturated rings. The lowest BCUT2D eigenvalue weighted by Gasteiger charge is -2.57. The maximum atomic E-state index is 4.05. The van der Waals surface area contributed by atoms with E-state index in [2.05, 4.69) is 137 Å². The molecule has 0 atom stereocenters. The van der Waals surface area contributed by atoms with Gasteiger partial charge in [-0.1, -0.05) is 24.6 Å². The van der Waals surface area contributed by atoms with Gasteiger partial charge >= 0.3 is 0 Å². The number of nitrogens with zero attached hydrogens (tertiary/aromatic N) is 6. The highest BCUT2D eigenvalue weighted by atomic mass is 15.2. The minimum absolute atomic E-state index is 0.638. The Morgan fingerprint density at radius 1 is 0.660 bits per heavy atom. The van der Waals surface area contributed by atoms with Gasteiger partial charge in [0.2, 0.25) is 0 Å². The first-order chi connectivity index (χ1) is 24.0. The van der Waals surface area contributed by atoms with E-state index in [-0.39, 0.29) is 0 Å². The minimum Gasteiger partial charge on any atom is -0.357 e. The summed E-state index contributed by atoms with van der Waals surface area (Å²) in [4.78, 5) is 13.6. The Labute approximate surface area is 302 Å². The van der Waals surface area contributed by atoms with Gasteiger partial charge in [0.25, 0.3) is 0 Å². The van der Waals surface area contributed by atoms with E-state index in [1.807, 2.05) is 6.20 Å². The lowest BCUT2D eigenvalue weighted by Crippen LogP contribution is -2.61. The molecule has 2 N–H and O–H groups in total. The first-order valence-corrected chi connectivity index (χ1v) is 19.7. The van der Waals surface area contributed by atoms with Gasteiger partial charge in [-0.05, 0) is 104 Å². The molecule has 1 saturated carbocycles. The molecule has 5 aliphatic rings. The van der Waals surface area contributed by atoms with Crippen molar-refractivity contribution in [2.45, 2.75) is 138 Å². The lowest BCUT2D eigenvalue weighted by atomic mass is 9.63. The second-order valence-electron chi connectivity index (χ2n) is 16.7. The van der Waals surface area contributed by atoms with E-state index in [1.54, 1.807) is 0 Å². The van der Waals surface area contributed by atoms with Crippen LogP contribution in [-0.2, 0) is 39.0 Å². The third-order valence-corrected chi connectivity index (χ3v) is 12.1. The Hall–Kier alpha value is -2.91. The van der Waals surface area contributed by atoms with Gasteiger partial charge in [0, 0.05) is 129 Å². The molecule has 3 aromatic heterocycles. The Bertz CT molecular complexity index is 1570. The van der Waals surface area contributed by atoms with Crippen LogP contribution in [-0.4, -0.2) is 96.2 Å². The largest absolute Gasteiger partial charge is 0.357 e. The smallest absolute Gasteiger partial charge is 0.0535 e. The van der Waals surface area contributed by atoms with Crippen LogP contribution in [0.2, 0.25) is 0 Å². The van der Waals surface area contributed by atoms with Crippen LogP contribution >= 0.6 is 0 Å². The van der Waals surface area contributed by atoms with Crippen molar-refractivity contribution < 1.29 is 0 Å². The number of likely N-dealkylation sites (tertiary alicyclic amines) is 1. The van der Waals surface area contributed by atoms with Crippen LogP contribution in [0.1, 0.15) is 103 Å². The van der Waals surface area contributed by atoms with Gasteiger partial charge in [-0.2, -0.15) is 5.10 Å². The topological polar surface area (TPSA) is 62.4 Å². The van der Waals surface area contributed by atoms with Crippen molar-refractivity contribution in [3.63, 3.8) is 0 Å². The van der Waals surface area contributed by atoms with Crippen LogP contribution in [0.3, 0.4) is 0 Å². The van der Waals surface area contributed by atoms with Gasteiger partial charge in [0.05, 0.1) is 6.20 Å². The van der Waals surface area contributed by atoms with Crippen molar-refractivity contribution >= 4 is 10.9 Å². The first-order valence-electron chi connectivity index (χ1n) is 19.7. The third-order valence-electron chi connectivity index (χ3n) is 12.1. The molecule has 274 valence electrons. The van der Waals surface area contributed by atoms with E-state index in [0.29, 0.717) is 18.1 Å². The first kappa shape index (κ1) is 36.9. The Balaban J connectivity index is 0.000000117. The molecule has 0 unspecified atom stereocenters. The fourth-order valence-corrected chi connectivity index (χ4v) is 8.29. The number of rotatable bonds is 4. The molecule has 8 heteroatoms. The quantitative estimate of drug-likeness (QED) is 0.231. The third kappa shape index (κ3) is 8.58. The number of hydrogen-bond donors (Lipinski definition) is 2. The monoisotopic (exact) mass is 683 g/mol. The van der Waals surface area contributed by atoms with E-state index < -0.39 is 0 Å². The summed E-state index contributed by atoms with van der Waals surface area (Å²) in [7, 11) is 0. The fraction of sp³-hybridized carbons (Fsp3) is 0.643. The summed E-state index contributed by atoms with van der Waals surface area (Å²) in [6, 6.07) is 15.7. The van der Waals surface area contributed by atoms with Crippen LogP contribution in [0.25, 0.3) is 10.9 Å². The molecule has 1 aliphatic carbocycles. The molecule has 50 heavy (non-hydrogen) atoms. The number of fused-ring (bicyclic) bond motifs is 5. The van der Waals surface area contributed by atoms with Gasteiger partial charge < -0.3 is 9.55 Å². The molecule has 0 radical (unpaired) electrons. The predicted molar refractivity (Wildman–Crippen MR) is 208 cm³/mol. The number of aromatic nitrogens is 4. The average molecular weight is 683 g/mol. The maximum absolute atomic E-state index is 4.05. The van der Waals surface area contributed by atoms with E-state index in [1.165, 1.54) is 91.0 Å². The SMILES string of the molecule is CC(C)N1CC2(CCC2)C1.CC(C)N1CCc2[nH]ncc2C1.CC(C)N1CCc2c([nH]c3ccccc23)C1.CC(C)N1CCn2cccc2C1. The van der Waals surface area contributed by atoms with Crippen LogP contribution in [0.15, 0.2) is 48.8 Å². The zero-order valence-electron chi connectivity index (χ0n) is 32.5. The number of hydrogen-bond acceptors (Lipinski definition) is 5. The van der Waals surface area contributed by atoms with Crippen molar-refractivity contribution in [1.29, 1.82) is 0 Å². The summed E-state index contributed by atoms with van der Waals surface area (Å²) in [5, 5.41) is 8.50. The molecule has 1 spiro atoms. The van der Waals surface area contributed by atoms with Crippen LogP contribution < -0.4 is 0 Å². The van der Waals surface area contributed by atoms with Gasteiger partial charge in [0.15, 0.2) is 0 Å². The molecule has 4 aliphatic heterocycles. The Morgan fingerprint density at radius 2 is 1.32 bits per heavy atom. The zero-order chi connectivity index (χ0) is 35.4. The molecular formula is C42H66N8. The van der Waals surface area contributed by atoms with Crippen LogP contribution in [0.5, 0.6) is 0 Å². The highest BCUT2D eigenvalue weighted by Gasteiger charge is 2.47. The summed E-state index contributed by atoms with van der Waals surface area (Å²) in [5.41, 5.74) is 9.22. The average Bonchev–Trinajstić information content (AvgIpc) is 3.81. The molecule has 8 nitrogen and oxygen atoms in total. The standard InChI is InChI=1S/C14H18N2.C10H16N2.C9H15N3.C9H17N/c1-10(2)16-8-7-12-11-5-3-4-6-13(11)15-14(12)9-16;1-9(2)12-7-6-11-5-3-4-10(11)8-12;1-7(2)12-4-3-9-8(6-12)5-10-11-9;1-8(2)10-6-9(7-10)4-3-5-9/h3-6,10,15H,7-9H2,1-2H3;3-5,9H,6-8H2,1-2H3;5,7H,3-4,6H2,1-2H3,(H,10,11);8H,3-7H2,1-2H3. The fourth-order valence-electron chi connectivity index (χ4n) is 8.29. The van der Waals surface area contributed by atoms with E-state index >= 15 is 0 Å². The molecule has 0 amide bonds. The highest BCUT2D eigenvalue weighted by molar-refractivity contribution is 5.84. The molecule has 1 saturated heterocycles. The number of H-pyrrole nitrogens is 2. The molecule has 1 aromatic carbocycles. The van der Waals surface area contributed by atoms with E-state index in [0.717, 1.165) is 50.6 Å².